The summed E-state index contributed by atoms with van der Waals surface area (Å²) < 4.78 is 27.5. The second-order valence-corrected chi connectivity index (χ2v) is 11.3. The molecule has 2 rings (SSSR count). The molecule has 1 amide bonds. The summed E-state index contributed by atoms with van der Waals surface area (Å²) in [7, 11) is 0. The SMILES string of the molecule is CC(=O)NC(C(O)CNCc1cc(C(C)(C)C)cc(C(C)(C)C)c1)[C@@H](C)c1cc(F)cc(F)c1. The van der Waals surface area contributed by atoms with E-state index in [1.54, 1.807) is 6.92 Å². The van der Waals surface area contributed by atoms with Gasteiger partial charge in [-0.15, -0.1) is 0 Å². The van der Waals surface area contributed by atoms with Crippen molar-refractivity contribution in [1.82, 2.24) is 10.6 Å². The van der Waals surface area contributed by atoms with E-state index in [0.29, 0.717) is 12.1 Å². The molecule has 4 nitrogen and oxygen atoms in total. The first-order valence-corrected chi connectivity index (χ1v) is 11.8. The molecule has 0 radical (unpaired) electrons. The van der Waals surface area contributed by atoms with Gasteiger partial charge in [-0.05, 0) is 45.2 Å². The lowest BCUT2D eigenvalue weighted by molar-refractivity contribution is -0.120. The lowest BCUT2D eigenvalue weighted by atomic mass is 9.79. The Kier molecular flexibility index (Phi) is 9.00. The predicted molar refractivity (Wildman–Crippen MR) is 134 cm³/mol. The molecule has 34 heavy (non-hydrogen) atoms. The average molecular weight is 475 g/mol. The fourth-order valence-electron chi connectivity index (χ4n) is 3.99. The molecular formula is C28H40F2N2O2. The summed E-state index contributed by atoms with van der Waals surface area (Å²) in [4.78, 5) is 11.8. The smallest absolute Gasteiger partial charge is 0.217 e. The normalized spacial score (nSPS) is 15.0. The van der Waals surface area contributed by atoms with Crippen LogP contribution in [0, 0.1) is 11.6 Å². The van der Waals surface area contributed by atoms with E-state index in [9.17, 15) is 18.7 Å². The molecule has 2 aromatic rings. The minimum absolute atomic E-state index is 0.00168. The van der Waals surface area contributed by atoms with E-state index in [1.807, 2.05) is 0 Å². The van der Waals surface area contributed by atoms with Gasteiger partial charge in [0.15, 0.2) is 0 Å². The van der Waals surface area contributed by atoms with E-state index in [-0.39, 0.29) is 23.3 Å². The van der Waals surface area contributed by atoms with Crippen LogP contribution in [0.5, 0.6) is 0 Å². The van der Waals surface area contributed by atoms with E-state index in [4.69, 9.17) is 0 Å². The standard InChI is InChI=1S/C28H40F2N2O2/c1-17(20-11-23(29)14-24(30)12-20)26(32-18(2)33)25(34)16-31-15-19-9-21(27(3,4)5)13-22(10-19)28(6,7)8/h9-14,17,25-26,31,34H,15-16H2,1-8H3,(H,32,33)/t17-,25?,26?/m0/s1. The number of hydrogen-bond donors (Lipinski definition) is 3. The summed E-state index contributed by atoms with van der Waals surface area (Å²) in [5, 5.41) is 17.0. The Morgan fingerprint density at radius 2 is 1.41 bits per heavy atom. The summed E-state index contributed by atoms with van der Waals surface area (Å²) in [6, 6.07) is 9.17. The number of benzene rings is 2. The van der Waals surface area contributed by atoms with Gasteiger partial charge in [0.2, 0.25) is 5.91 Å². The van der Waals surface area contributed by atoms with E-state index >= 15 is 0 Å². The summed E-state index contributed by atoms with van der Waals surface area (Å²) >= 11 is 0. The molecule has 0 bridgehead atoms. The van der Waals surface area contributed by atoms with Crippen LogP contribution in [0.25, 0.3) is 0 Å². The highest BCUT2D eigenvalue weighted by atomic mass is 19.1. The molecule has 0 saturated heterocycles. The van der Waals surface area contributed by atoms with Crippen molar-refractivity contribution in [3.8, 4) is 0 Å². The molecule has 0 aliphatic carbocycles. The molecular weight excluding hydrogens is 434 g/mol. The van der Waals surface area contributed by atoms with Crippen molar-refractivity contribution in [1.29, 1.82) is 0 Å². The van der Waals surface area contributed by atoms with Gasteiger partial charge in [0, 0.05) is 32.0 Å². The first-order valence-electron chi connectivity index (χ1n) is 11.8. The second-order valence-electron chi connectivity index (χ2n) is 11.3. The predicted octanol–water partition coefficient (Wildman–Crippen LogP) is 5.32. The van der Waals surface area contributed by atoms with Crippen LogP contribution in [-0.4, -0.2) is 29.7 Å². The molecule has 188 valence electrons. The maximum absolute atomic E-state index is 13.7. The van der Waals surface area contributed by atoms with E-state index in [0.717, 1.165) is 11.6 Å². The minimum Gasteiger partial charge on any atom is -0.390 e. The average Bonchev–Trinajstić information content (AvgIpc) is 2.69. The number of aliphatic hydroxyl groups is 1. The number of rotatable bonds is 8. The molecule has 3 N–H and O–H groups in total. The Bertz CT molecular complexity index is 940. The fourth-order valence-corrected chi connectivity index (χ4v) is 3.99. The molecule has 2 unspecified atom stereocenters. The zero-order valence-corrected chi connectivity index (χ0v) is 21.7. The molecule has 6 heteroatoms. The van der Waals surface area contributed by atoms with Gasteiger partial charge in [-0.25, -0.2) is 8.78 Å². The Hall–Kier alpha value is -2.31. The zero-order chi connectivity index (χ0) is 25.8. The Morgan fingerprint density at radius 3 is 1.85 bits per heavy atom. The molecule has 0 aliphatic rings. The summed E-state index contributed by atoms with van der Waals surface area (Å²) in [5.41, 5.74) is 3.98. The highest BCUT2D eigenvalue weighted by molar-refractivity contribution is 5.73. The fraction of sp³-hybridized carbons (Fsp3) is 0.536. The van der Waals surface area contributed by atoms with Crippen LogP contribution in [0.2, 0.25) is 0 Å². The van der Waals surface area contributed by atoms with Crippen LogP contribution in [0.4, 0.5) is 8.78 Å². The number of carbonyl (C=O) groups excluding carboxylic acids is 1. The van der Waals surface area contributed by atoms with Crippen LogP contribution >= 0.6 is 0 Å². The Morgan fingerprint density at radius 1 is 0.912 bits per heavy atom. The summed E-state index contributed by atoms with van der Waals surface area (Å²) in [6.07, 6.45) is -0.960. The van der Waals surface area contributed by atoms with Crippen LogP contribution in [0.15, 0.2) is 36.4 Å². The zero-order valence-electron chi connectivity index (χ0n) is 21.7. The summed E-state index contributed by atoms with van der Waals surface area (Å²) in [6.45, 7) is 17.0. The number of nitrogens with one attached hydrogen (secondary N) is 2. The first-order chi connectivity index (χ1) is 15.6. The molecule has 0 fully saturated rings. The maximum Gasteiger partial charge on any atom is 0.217 e. The van der Waals surface area contributed by atoms with Crippen molar-refractivity contribution in [2.75, 3.05) is 6.54 Å². The maximum atomic E-state index is 13.7. The lowest BCUT2D eigenvalue weighted by Crippen LogP contribution is -2.49. The van der Waals surface area contributed by atoms with Gasteiger partial charge in [0.05, 0.1) is 12.1 Å². The Labute approximate surface area is 203 Å². The van der Waals surface area contributed by atoms with Crippen LogP contribution in [-0.2, 0) is 22.2 Å². The van der Waals surface area contributed by atoms with Crippen molar-refractivity contribution in [3.63, 3.8) is 0 Å². The summed E-state index contributed by atoms with van der Waals surface area (Å²) in [5.74, 6) is -2.20. The van der Waals surface area contributed by atoms with Crippen LogP contribution in [0.3, 0.4) is 0 Å². The van der Waals surface area contributed by atoms with Crippen molar-refractivity contribution in [3.05, 3.63) is 70.3 Å². The van der Waals surface area contributed by atoms with Crippen molar-refractivity contribution in [2.24, 2.45) is 0 Å². The molecule has 3 atom stereocenters. The number of aliphatic hydroxyl groups excluding tert-OH is 1. The molecule has 0 aromatic heterocycles. The molecule has 0 heterocycles. The Balaban J connectivity index is 2.18. The van der Waals surface area contributed by atoms with Crippen LogP contribution < -0.4 is 10.6 Å². The molecule has 2 aromatic carbocycles. The van der Waals surface area contributed by atoms with E-state index < -0.39 is 29.7 Å². The minimum atomic E-state index is -0.960. The van der Waals surface area contributed by atoms with Gasteiger partial charge in [-0.1, -0.05) is 66.7 Å². The monoisotopic (exact) mass is 474 g/mol. The third-order valence-electron chi connectivity index (χ3n) is 6.14. The van der Waals surface area contributed by atoms with Gasteiger partial charge >= 0.3 is 0 Å². The molecule has 0 saturated carbocycles. The van der Waals surface area contributed by atoms with Crippen molar-refractivity contribution < 1.29 is 18.7 Å². The van der Waals surface area contributed by atoms with E-state index in [1.165, 1.54) is 30.2 Å². The van der Waals surface area contributed by atoms with Crippen molar-refractivity contribution in [2.45, 2.75) is 90.8 Å². The van der Waals surface area contributed by atoms with Gasteiger partial charge in [-0.2, -0.15) is 0 Å². The van der Waals surface area contributed by atoms with Gasteiger partial charge in [-0.3, -0.25) is 4.79 Å². The van der Waals surface area contributed by atoms with Gasteiger partial charge < -0.3 is 15.7 Å². The van der Waals surface area contributed by atoms with Gasteiger partial charge in [0.1, 0.15) is 11.6 Å². The number of hydrogen-bond acceptors (Lipinski definition) is 3. The quantitative estimate of drug-likeness (QED) is 0.485. The molecule has 0 spiro atoms. The highest BCUT2D eigenvalue weighted by Crippen LogP contribution is 2.30. The number of amides is 1. The first kappa shape index (κ1) is 27.9. The number of halogens is 2. The van der Waals surface area contributed by atoms with Crippen LogP contribution in [0.1, 0.15) is 83.6 Å². The van der Waals surface area contributed by atoms with Gasteiger partial charge in [0.25, 0.3) is 0 Å². The largest absolute Gasteiger partial charge is 0.390 e. The van der Waals surface area contributed by atoms with E-state index in [2.05, 4.69) is 70.4 Å². The second kappa shape index (κ2) is 11.0. The molecule has 0 aliphatic heterocycles. The third kappa shape index (κ3) is 7.88. The van der Waals surface area contributed by atoms with Crippen molar-refractivity contribution >= 4 is 5.91 Å². The topological polar surface area (TPSA) is 61.4 Å². The third-order valence-corrected chi connectivity index (χ3v) is 6.14. The lowest BCUT2D eigenvalue weighted by Gasteiger charge is -2.30. The highest BCUT2D eigenvalue weighted by Gasteiger charge is 2.28. The number of carbonyl (C=O) groups is 1.